The van der Waals surface area contributed by atoms with Crippen LogP contribution in [0, 0.1) is 5.41 Å². The van der Waals surface area contributed by atoms with Gasteiger partial charge in [0.15, 0.2) is 0 Å². The summed E-state index contributed by atoms with van der Waals surface area (Å²) in [6, 6.07) is 0. The Kier molecular flexibility index (Phi) is 3.59. The number of thiol groups is 1. The molecule has 0 fully saturated rings. The molecule has 0 heterocycles. The minimum atomic E-state index is 0.214. The van der Waals surface area contributed by atoms with Crippen LogP contribution in [0.25, 0.3) is 0 Å². The maximum atomic E-state index is 8.55. The van der Waals surface area contributed by atoms with E-state index in [1.807, 2.05) is 0 Å². The van der Waals surface area contributed by atoms with E-state index >= 15 is 0 Å². The van der Waals surface area contributed by atoms with E-state index in [0.717, 1.165) is 6.42 Å². The number of aliphatic hydroxyl groups excluding tert-OH is 1. The van der Waals surface area contributed by atoms with Crippen molar-refractivity contribution in [3.8, 4) is 0 Å². The van der Waals surface area contributed by atoms with E-state index in [1.54, 1.807) is 0 Å². The van der Waals surface area contributed by atoms with Crippen molar-refractivity contribution in [1.82, 2.24) is 0 Å². The Hall–Kier alpha value is 0.310. The van der Waals surface area contributed by atoms with Crippen molar-refractivity contribution in [3.05, 3.63) is 0 Å². The van der Waals surface area contributed by atoms with Gasteiger partial charge in [-0.3, -0.25) is 0 Å². The van der Waals surface area contributed by atoms with Crippen molar-refractivity contribution in [1.29, 1.82) is 0 Å². The Balaban J connectivity index is 3.59. The average Bonchev–Trinajstić information content (AvgIpc) is 1.64. The average molecular weight is 148 g/mol. The van der Waals surface area contributed by atoms with Crippen LogP contribution in [-0.2, 0) is 0 Å². The van der Waals surface area contributed by atoms with Gasteiger partial charge in [-0.2, -0.15) is 12.6 Å². The third-order valence-electron chi connectivity index (χ3n) is 1.40. The van der Waals surface area contributed by atoms with E-state index in [-0.39, 0.29) is 12.0 Å². The highest BCUT2D eigenvalue weighted by Crippen LogP contribution is 2.25. The zero-order chi connectivity index (χ0) is 7.49. The molecule has 0 amide bonds. The van der Waals surface area contributed by atoms with Crippen molar-refractivity contribution in [3.63, 3.8) is 0 Å². The fourth-order valence-electron chi connectivity index (χ4n) is 0.555. The molecule has 0 radical (unpaired) electrons. The Labute approximate surface area is 62.9 Å². The first-order chi connectivity index (χ1) is 3.98. The van der Waals surface area contributed by atoms with Crippen LogP contribution in [0.5, 0.6) is 0 Å². The molecule has 0 aliphatic carbocycles. The summed E-state index contributed by atoms with van der Waals surface area (Å²) in [4.78, 5) is 0. The van der Waals surface area contributed by atoms with Crippen molar-refractivity contribution < 1.29 is 5.11 Å². The second kappa shape index (κ2) is 3.47. The predicted molar refractivity (Wildman–Crippen MR) is 43.9 cm³/mol. The molecule has 0 aliphatic heterocycles. The lowest BCUT2D eigenvalue weighted by Crippen LogP contribution is -2.21. The summed E-state index contributed by atoms with van der Waals surface area (Å²) in [5.41, 5.74) is 0.214. The van der Waals surface area contributed by atoms with Gasteiger partial charge in [-0.15, -0.1) is 0 Å². The maximum absolute atomic E-state index is 8.55. The fourth-order valence-corrected chi connectivity index (χ4v) is 0.671. The number of hydrogen-bond acceptors (Lipinski definition) is 2. The highest BCUT2D eigenvalue weighted by atomic mass is 32.1. The zero-order valence-corrected chi connectivity index (χ0v) is 7.28. The van der Waals surface area contributed by atoms with Gasteiger partial charge in [0, 0.05) is 11.9 Å². The van der Waals surface area contributed by atoms with Gasteiger partial charge < -0.3 is 5.11 Å². The maximum Gasteiger partial charge on any atom is 0.0441 e. The number of rotatable bonds is 2. The van der Waals surface area contributed by atoms with E-state index < -0.39 is 0 Å². The molecule has 0 aromatic heterocycles. The Bertz CT molecular complexity index is 75.5. The SMILES string of the molecule is CC(C)(C)C(S)CCO. The second-order valence-electron chi connectivity index (χ2n) is 3.39. The lowest BCUT2D eigenvalue weighted by atomic mass is 9.90. The number of aliphatic hydroxyl groups is 1. The molecule has 0 rings (SSSR count). The van der Waals surface area contributed by atoms with Gasteiger partial charge >= 0.3 is 0 Å². The van der Waals surface area contributed by atoms with Crippen LogP contribution in [0.3, 0.4) is 0 Å². The van der Waals surface area contributed by atoms with Gasteiger partial charge in [0.25, 0.3) is 0 Å². The van der Waals surface area contributed by atoms with E-state index in [1.165, 1.54) is 0 Å². The first-order valence-corrected chi connectivity index (χ1v) is 3.79. The van der Waals surface area contributed by atoms with Gasteiger partial charge in [0.05, 0.1) is 0 Å². The van der Waals surface area contributed by atoms with Crippen LogP contribution in [0.1, 0.15) is 27.2 Å². The Morgan fingerprint density at radius 2 is 1.89 bits per heavy atom. The van der Waals surface area contributed by atoms with Crippen molar-refractivity contribution >= 4 is 12.6 Å². The summed E-state index contributed by atoms with van der Waals surface area (Å²) >= 11 is 4.33. The van der Waals surface area contributed by atoms with Gasteiger partial charge in [0.2, 0.25) is 0 Å². The van der Waals surface area contributed by atoms with Gasteiger partial charge in [0.1, 0.15) is 0 Å². The van der Waals surface area contributed by atoms with Crippen molar-refractivity contribution in [2.45, 2.75) is 32.4 Å². The van der Waals surface area contributed by atoms with Crippen LogP contribution in [0.15, 0.2) is 0 Å². The van der Waals surface area contributed by atoms with Gasteiger partial charge in [-0.1, -0.05) is 20.8 Å². The van der Waals surface area contributed by atoms with E-state index in [9.17, 15) is 0 Å². The molecule has 0 spiro atoms. The van der Waals surface area contributed by atoms with Crippen LogP contribution >= 0.6 is 12.6 Å². The summed E-state index contributed by atoms with van der Waals surface area (Å²) in [7, 11) is 0. The molecule has 1 atom stereocenters. The molecule has 0 aliphatic rings. The summed E-state index contributed by atoms with van der Waals surface area (Å²) in [6.45, 7) is 6.62. The summed E-state index contributed by atoms with van der Waals surface area (Å²) in [5.74, 6) is 0. The third kappa shape index (κ3) is 3.82. The largest absolute Gasteiger partial charge is 0.396 e. The molecule has 1 N–H and O–H groups in total. The topological polar surface area (TPSA) is 20.2 Å². The highest BCUT2D eigenvalue weighted by molar-refractivity contribution is 7.81. The molecule has 0 bridgehead atoms. The van der Waals surface area contributed by atoms with E-state index in [4.69, 9.17) is 5.11 Å². The van der Waals surface area contributed by atoms with E-state index in [2.05, 4.69) is 33.4 Å². The molecule has 56 valence electrons. The second-order valence-corrected chi connectivity index (χ2v) is 4.02. The molecule has 1 nitrogen and oxygen atoms in total. The minimum Gasteiger partial charge on any atom is -0.396 e. The van der Waals surface area contributed by atoms with Gasteiger partial charge in [-0.05, 0) is 11.8 Å². The van der Waals surface area contributed by atoms with Crippen LogP contribution in [0.2, 0.25) is 0 Å². The molecule has 1 unspecified atom stereocenters. The molecular formula is C7H16OS. The van der Waals surface area contributed by atoms with Crippen LogP contribution in [0.4, 0.5) is 0 Å². The Morgan fingerprint density at radius 3 is 2.00 bits per heavy atom. The smallest absolute Gasteiger partial charge is 0.0441 e. The van der Waals surface area contributed by atoms with E-state index in [0.29, 0.717) is 5.25 Å². The Morgan fingerprint density at radius 1 is 1.44 bits per heavy atom. The summed E-state index contributed by atoms with van der Waals surface area (Å²) in [5, 5.41) is 8.86. The molecular weight excluding hydrogens is 132 g/mol. The normalized spacial score (nSPS) is 15.7. The van der Waals surface area contributed by atoms with Crippen LogP contribution < -0.4 is 0 Å². The summed E-state index contributed by atoms with van der Waals surface area (Å²) in [6.07, 6.45) is 0.784. The first-order valence-electron chi connectivity index (χ1n) is 3.27. The quantitative estimate of drug-likeness (QED) is 0.571. The molecule has 0 saturated heterocycles. The summed E-state index contributed by atoms with van der Waals surface area (Å²) < 4.78 is 0. The third-order valence-corrected chi connectivity index (χ3v) is 2.44. The molecule has 0 saturated carbocycles. The number of hydrogen-bond donors (Lipinski definition) is 2. The highest BCUT2D eigenvalue weighted by Gasteiger charge is 2.19. The molecule has 9 heavy (non-hydrogen) atoms. The molecule has 2 heteroatoms. The van der Waals surface area contributed by atoms with Crippen LogP contribution in [-0.4, -0.2) is 17.0 Å². The van der Waals surface area contributed by atoms with Gasteiger partial charge in [-0.25, -0.2) is 0 Å². The lowest BCUT2D eigenvalue weighted by molar-refractivity contribution is 0.258. The fraction of sp³-hybridized carbons (Fsp3) is 1.00. The lowest BCUT2D eigenvalue weighted by Gasteiger charge is -2.25. The zero-order valence-electron chi connectivity index (χ0n) is 6.39. The molecule has 0 aromatic carbocycles. The van der Waals surface area contributed by atoms with Crippen molar-refractivity contribution in [2.75, 3.05) is 6.61 Å². The molecule has 0 aromatic rings. The first kappa shape index (κ1) is 9.31. The van der Waals surface area contributed by atoms with Crippen molar-refractivity contribution in [2.24, 2.45) is 5.41 Å². The minimum absolute atomic E-state index is 0.214. The monoisotopic (exact) mass is 148 g/mol. The predicted octanol–water partition coefficient (Wildman–Crippen LogP) is 1.71. The standard InChI is InChI=1S/C7H16OS/c1-7(2,3)6(9)4-5-8/h6,8-9H,4-5H2,1-3H3.